The minimum absolute atomic E-state index is 0. The van der Waals surface area contributed by atoms with Crippen LogP contribution in [0.1, 0.15) is 0 Å². The van der Waals surface area contributed by atoms with E-state index in [0.29, 0.717) is 0 Å². The van der Waals surface area contributed by atoms with Crippen LogP contribution in [0, 0.1) is 45.3 Å². The molecule has 0 radical (unpaired) electrons. The van der Waals surface area contributed by atoms with Gasteiger partial charge in [0.15, 0.2) is 0 Å². The van der Waals surface area contributed by atoms with E-state index in [9.17, 15) is 0 Å². The first-order valence-electron chi connectivity index (χ1n) is 2.72. The average molecular weight is 263 g/mol. The number of nitrogens with zero attached hydrogens (tertiary/aromatic N) is 4. The van der Waals surface area contributed by atoms with Gasteiger partial charge < -0.3 is 0 Å². The van der Waals surface area contributed by atoms with Crippen LogP contribution in [0.15, 0.2) is 24.3 Å². The Balaban J connectivity index is -0.000000143. The van der Waals surface area contributed by atoms with Gasteiger partial charge in [-0.1, -0.05) is 0 Å². The van der Waals surface area contributed by atoms with Crippen molar-refractivity contribution in [2.75, 3.05) is 0 Å². The summed E-state index contributed by atoms with van der Waals surface area (Å²) < 4.78 is 0. The van der Waals surface area contributed by atoms with Crippen molar-refractivity contribution < 1.29 is 20.4 Å². The van der Waals surface area contributed by atoms with E-state index in [-0.39, 0.29) is 20.4 Å². The first-order valence-corrected chi connectivity index (χ1v) is 2.72. The minimum atomic E-state index is 0. The monoisotopic (exact) mass is 262 g/mol. The molecule has 66 valence electrons. The zero-order valence-electron chi connectivity index (χ0n) is 6.41. The molecular weight excluding hydrogens is 259 g/mol. The zero-order valence-corrected chi connectivity index (χ0v) is 7.97. The van der Waals surface area contributed by atoms with Gasteiger partial charge in [-0.15, -0.1) is 0 Å². The molecule has 0 aliphatic rings. The Labute approximate surface area is 90.3 Å². The van der Waals surface area contributed by atoms with Crippen LogP contribution in [0.25, 0.3) is 0 Å². The summed E-state index contributed by atoms with van der Waals surface area (Å²) in [6, 6.07) is 6.66. The number of hydrogen-bond donors (Lipinski definition) is 0. The largest absolute Gasteiger partial charge is 0.193 e. The molecule has 0 aliphatic carbocycles. The molecule has 0 N–H and O–H groups in total. The average Bonchev–Trinajstić information content (AvgIpc) is 2.12. The second kappa shape index (κ2) is 22.5. The van der Waals surface area contributed by atoms with Gasteiger partial charge in [0.2, 0.25) is 0 Å². The maximum Gasteiger partial charge on any atom is 0.0919 e. The van der Waals surface area contributed by atoms with Crippen molar-refractivity contribution in [1.29, 1.82) is 21.0 Å². The van der Waals surface area contributed by atoms with Crippen LogP contribution in [0.4, 0.5) is 0 Å². The zero-order chi connectivity index (χ0) is 9.66. The summed E-state index contributed by atoms with van der Waals surface area (Å²) in [7, 11) is 0. The molecular formula is C8H4N4Pd. The molecule has 0 aliphatic heterocycles. The third-order valence-corrected chi connectivity index (χ3v) is 0.465. The minimum Gasteiger partial charge on any atom is -0.193 e. The predicted octanol–water partition coefficient (Wildman–Crippen LogP) is 1.18. The summed E-state index contributed by atoms with van der Waals surface area (Å²) in [6.45, 7) is 0. The Morgan fingerprint density at radius 1 is 0.538 bits per heavy atom. The first kappa shape index (κ1) is 17.3. The van der Waals surface area contributed by atoms with Crippen LogP contribution in [0.3, 0.4) is 0 Å². The molecule has 13 heavy (non-hydrogen) atoms. The van der Waals surface area contributed by atoms with Gasteiger partial charge in [-0.05, 0) is 0 Å². The van der Waals surface area contributed by atoms with Crippen molar-refractivity contribution in [3.63, 3.8) is 0 Å². The van der Waals surface area contributed by atoms with Crippen molar-refractivity contribution >= 4 is 0 Å². The summed E-state index contributed by atoms with van der Waals surface area (Å²) in [5.41, 5.74) is 0. The Morgan fingerprint density at radius 2 is 0.692 bits per heavy atom. The van der Waals surface area contributed by atoms with Gasteiger partial charge in [-0.25, -0.2) is 0 Å². The number of nitriles is 4. The molecule has 0 unspecified atom stereocenters. The van der Waals surface area contributed by atoms with E-state index in [1.807, 2.05) is 0 Å². The van der Waals surface area contributed by atoms with Crippen LogP contribution in [-0.4, -0.2) is 0 Å². The van der Waals surface area contributed by atoms with Crippen molar-refractivity contribution in [2.24, 2.45) is 0 Å². The molecule has 0 aromatic heterocycles. The second-order valence-electron chi connectivity index (χ2n) is 1.18. The molecule has 0 heterocycles. The summed E-state index contributed by atoms with van der Waals surface area (Å²) in [5, 5.41) is 30.8. The Hall–Kier alpha value is -1.90. The molecule has 0 atom stereocenters. The Kier molecular flexibility index (Phi) is 29.8. The molecule has 0 fully saturated rings. The number of allylic oxidation sites excluding steroid dienone is 4. The van der Waals surface area contributed by atoms with Crippen molar-refractivity contribution in [3.05, 3.63) is 24.3 Å². The third-order valence-electron chi connectivity index (χ3n) is 0.465. The van der Waals surface area contributed by atoms with E-state index < -0.39 is 0 Å². The normalized spacial score (nSPS) is 6.46. The van der Waals surface area contributed by atoms with Gasteiger partial charge in [0.05, 0.1) is 24.3 Å². The molecule has 0 aromatic carbocycles. The van der Waals surface area contributed by atoms with E-state index in [4.69, 9.17) is 21.0 Å². The molecule has 0 bridgehead atoms. The van der Waals surface area contributed by atoms with Crippen molar-refractivity contribution in [1.82, 2.24) is 0 Å². The standard InChI is InChI=1S/2C4H2N2.Pd/c2*5-3-1-2-4-6;/h2*1-2H;/b2*2-1+;. The third kappa shape index (κ3) is 39.4. The van der Waals surface area contributed by atoms with E-state index in [1.54, 1.807) is 24.3 Å². The molecule has 0 aromatic rings. The van der Waals surface area contributed by atoms with Crippen LogP contribution in [0.5, 0.6) is 0 Å². The van der Waals surface area contributed by atoms with Crippen molar-refractivity contribution in [2.45, 2.75) is 0 Å². The number of rotatable bonds is 0. The van der Waals surface area contributed by atoms with Gasteiger partial charge in [0, 0.05) is 44.7 Å². The Bertz CT molecular complexity index is 250. The summed E-state index contributed by atoms with van der Waals surface area (Å²) in [5.74, 6) is 0. The van der Waals surface area contributed by atoms with Gasteiger partial charge in [0.25, 0.3) is 0 Å². The fourth-order valence-corrected chi connectivity index (χ4v) is 0.149. The quantitative estimate of drug-likeness (QED) is 0.484. The molecule has 0 saturated carbocycles. The first-order chi connectivity index (χ1) is 5.83. The van der Waals surface area contributed by atoms with Crippen molar-refractivity contribution in [3.8, 4) is 24.3 Å². The topological polar surface area (TPSA) is 95.2 Å². The summed E-state index contributed by atoms with van der Waals surface area (Å²) in [4.78, 5) is 0. The molecule has 0 spiro atoms. The van der Waals surface area contributed by atoms with Crippen LogP contribution in [0.2, 0.25) is 0 Å². The van der Waals surface area contributed by atoms with Gasteiger partial charge in [0.1, 0.15) is 0 Å². The maximum absolute atomic E-state index is 7.71. The number of hydrogen-bond acceptors (Lipinski definition) is 4. The van der Waals surface area contributed by atoms with E-state index in [0.717, 1.165) is 24.3 Å². The molecule has 0 amide bonds. The van der Waals surface area contributed by atoms with Crippen LogP contribution in [-0.2, 0) is 20.4 Å². The summed E-state index contributed by atoms with van der Waals surface area (Å²) in [6.07, 6.45) is 4.50. The smallest absolute Gasteiger partial charge is 0.0919 e. The second-order valence-corrected chi connectivity index (χ2v) is 1.18. The Morgan fingerprint density at radius 3 is 0.769 bits per heavy atom. The van der Waals surface area contributed by atoms with E-state index in [2.05, 4.69) is 0 Å². The summed E-state index contributed by atoms with van der Waals surface area (Å²) >= 11 is 0. The fraction of sp³-hybridized carbons (Fsp3) is 0. The molecule has 5 heteroatoms. The van der Waals surface area contributed by atoms with Gasteiger partial charge in [-0.2, -0.15) is 21.0 Å². The van der Waals surface area contributed by atoms with Crippen LogP contribution < -0.4 is 0 Å². The molecule has 4 nitrogen and oxygen atoms in total. The van der Waals surface area contributed by atoms with Gasteiger partial charge >= 0.3 is 0 Å². The molecule has 0 saturated heterocycles. The fourth-order valence-electron chi connectivity index (χ4n) is 0.149. The molecule has 0 rings (SSSR count). The van der Waals surface area contributed by atoms with Crippen LogP contribution >= 0.6 is 0 Å². The maximum atomic E-state index is 7.71. The predicted molar refractivity (Wildman–Crippen MR) is 40.7 cm³/mol. The van der Waals surface area contributed by atoms with E-state index in [1.165, 1.54) is 0 Å². The SMILES string of the molecule is N#C/C=C/C#N.N#C/C=C/C#N.[Pd]. The van der Waals surface area contributed by atoms with Gasteiger partial charge in [-0.3, -0.25) is 0 Å². The van der Waals surface area contributed by atoms with E-state index >= 15 is 0 Å².